The van der Waals surface area contributed by atoms with E-state index in [0.717, 1.165) is 32.7 Å². The Balaban J connectivity index is 1.71. The summed E-state index contributed by atoms with van der Waals surface area (Å²) >= 11 is 0. The van der Waals surface area contributed by atoms with Crippen LogP contribution in [0, 0.1) is 0 Å². The molecule has 1 fully saturated rings. The zero-order chi connectivity index (χ0) is 17.5. The molecule has 3 heteroatoms. The van der Waals surface area contributed by atoms with Gasteiger partial charge in [-0.2, -0.15) is 0 Å². The van der Waals surface area contributed by atoms with Crippen molar-refractivity contribution in [1.82, 2.24) is 9.80 Å². The fraction of sp³-hybridized carbons (Fsp3) is 0.318. The Morgan fingerprint density at radius 3 is 1.92 bits per heavy atom. The number of piperazine rings is 1. The molecule has 3 rings (SSSR count). The van der Waals surface area contributed by atoms with Crippen LogP contribution in [0.15, 0.2) is 73.3 Å². The number of hydrogen-bond donors (Lipinski definition) is 0. The molecule has 2 aromatic carbocycles. The lowest BCUT2D eigenvalue weighted by Gasteiger charge is -2.35. The number of nitrogens with zero attached hydrogens (tertiary/aromatic N) is 2. The average molecular weight is 334 g/mol. The van der Waals surface area contributed by atoms with E-state index in [2.05, 4.69) is 35.7 Å². The lowest BCUT2D eigenvalue weighted by atomic mass is 9.88. The molecule has 0 atom stereocenters. The van der Waals surface area contributed by atoms with Crippen molar-refractivity contribution in [3.05, 3.63) is 84.4 Å². The van der Waals surface area contributed by atoms with Crippen molar-refractivity contribution in [2.45, 2.75) is 12.3 Å². The second-order valence-electron chi connectivity index (χ2n) is 6.55. The van der Waals surface area contributed by atoms with E-state index in [1.807, 2.05) is 47.4 Å². The van der Waals surface area contributed by atoms with E-state index < -0.39 is 0 Å². The Labute approximate surface area is 150 Å². The van der Waals surface area contributed by atoms with E-state index in [-0.39, 0.29) is 11.8 Å². The van der Waals surface area contributed by atoms with Crippen molar-refractivity contribution in [3.63, 3.8) is 0 Å². The lowest BCUT2D eigenvalue weighted by Crippen LogP contribution is -2.48. The molecule has 0 N–H and O–H groups in total. The van der Waals surface area contributed by atoms with Crippen molar-refractivity contribution >= 4 is 5.91 Å². The molecule has 0 bridgehead atoms. The third-order valence-electron chi connectivity index (χ3n) is 4.89. The van der Waals surface area contributed by atoms with Gasteiger partial charge in [0.15, 0.2) is 0 Å². The van der Waals surface area contributed by atoms with Crippen LogP contribution in [0.3, 0.4) is 0 Å². The lowest BCUT2D eigenvalue weighted by molar-refractivity contribution is -0.133. The molecule has 0 aliphatic carbocycles. The second-order valence-corrected chi connectivity index (χ2v) is 6.55. The van der Waals surface area contributed by atoms with E-state index in [1.165, 1.54) is 11.1 Å². The van der Waals surface area contributed by atoms with Gasteiger partial charge in [-0.15, -0.1) is 6.58 Å². The molecule has 0 radical (unpaired) electrons. The molecule has 1 saturated heterocycles. The molecular weight excluding hydrogens is 308 g/mol. The summed E-state index contributed by atoms with van der Waals surface area (Å²) in [5.41, 5.74) is 2.40. The summed E-state index contributed by atoms with van der Waals surface area (Å²) in [6.45, 7) is 8.17. The molecule has 2 aromatic rings. The number of benzene rings is 2. The Kier molecular flexibility index (Phi) is 6.02. The maximum absolute atomic E-state index is 12.9. The maximum Gasteiger partial charge on any atom is 0.223 e. The molecule has 0 aromatic heterocycles. The van der Waals surface area contributed by atoms with Crippen LogP contribution in [-0.4, -0.2) is 48.4 Å². The highest BCUT2D eigenvalue weighted by Crippen LogP contribution is 2.28. The van der Waals surface area contributed by atoms with Gasteiger partial charge in [0.25, 0.3) is 0 Å². The molecule has 1 amide bonds. The predicted octanol–water partition coefficient (Wildman–Crippen LogP) is 3.54. The van der Waals surface area contributed by atoms with Gasteiger partial charge in [0, 0.05) is 45.1 Å². The first-order valence-electron chi connectivity index (χ1n) is 8.99. The Bertz CT molecular complexity index is 636. The van der Waals surface area contributed by atoms with Gasteiger partial charge in [-0.3, -0.25) is 9.69 Å². The third-order valence-corrected chi connectivity index (χ3v) is 4.89. The summed E-state index contributed by atoms with van der Waals surface area (Å²) in [6.07, 6.45) is 2.45. The number of hydrogen-bond acceptors (Lipinski definition) is 2. The first-order valence-corrected chi connectivity index (χ1v) is 8.99. The van der Waals surface area contributed by atoms with Crippen LogP contribution in [0.5, 0.6) is 0 Å². The number of carbonyl (C=O) groups excluding carboxylic acids is 1. The van der Waals surface area contributed by atoms with Crippen LogP contribution in [0.1, 0.15) is 23.5 Å². The molecule has 3 nitrogen and oxygen atoms in total. The van der Waals surface area contributed by atoms with Gasteiger partial charge >= 0.3 is 0 Å². The first-order chi connectivity index (χ1) is 12.3. The largest absolute Gasteiger partial charge is 0.340 e. The summed E-state index contributed by atoms with van der Waals surface area (Å²) in [4.78, 5) is 17.3. The number of rotatable bonds is 6. The Morgan fingerprint density at radius 2 is 1.44 bits per heavy atom. The van der Waals surface area contributed by atoms with Crippen molar-refractivity contribution in [1.29, 1.82) is 0 Å². The molecule has 0 spiro atoms. The maximum atomic E-state index is 12.9. The van der Waals surface area contributed by atoms with Gasteiger partial charge < -0.3 is 4.90 Å². The average Bonchev–Trinajstić information content (AvgIpc) is 2.68. The van der Waals surface area contributed by atoms with Crippen LogP contribution in [0.4, 0.5) is 0 Å². The summed E-state index contributed by atoms with van der Waals surface area (Å²) < 4.78 is 0. The van der Waals surface area contributed by atoms with Crippen LogP contribution < -0.4 is 0 Å². The molecule has 0 unspecified atom stereocenters. The zero-order valence-electron chi connectivity index (χ0n) is 14.7. The fourth-order valence-electron chi connectivity index (χ4n) is 3.46. The fourth-order valence-corrected chi connectivity index (χ4v) is 3.46. The van der Waals surface area contributed by atoms with Gasteiger partial charge in [-0.1, -0.05) is 66.7 Å². The van der Waals surface area contributed by atoms with Crippen molar-refractivity contribution in [3.8, 4) is 0 Å². The zero-order valence-corrected chi connectivity index (χ0v) is 14.7. The van der Waals surface area contributed by atoms with Crippen molar-refractivity contribution in [2.24, 2.45) is 0 Å². The SMILES string of the molecule is C=CCN1CCN(C(=O)CC(c2ccccc2)c2ccccc2)CC1. The standard InChI is InChI=1S/C22H26N2O/c1-2-13-23-14-16-24(17-15-23)22(25)18-21(19-9-5-3-6-10-19)20-11-7-4-8-12-20/h2-12,21H,1,13-18H2. The third kappa shape index (κ3) is 4.58. The van der Waals surface area contributed by atoms with E-state index in [1.54, 1.807) is 0 Å². The molecule has 1 heterocycles. The first kappa shape index (κ1) is 17.4. The van der Waals surface area contributed by atoms with Gasteiger partial charge in [0.1, 0.15) is 0 Å². The van der Waals surface area contributed by atoms with Crippen LogP contribution >= 0.6 is 0 Å². The Hall–Kier alpha value is -2.39. The smallest absolute Gasteiger partial charge is 0.223 e. The molecule has 130 valence electrons. The van der Waals surface area contributed by atoms with Crippen LogP contribution in [0.2, 0.25) is 0 Å². The van der Waals surface area contributed by atoms with Crippen LogP contribution in [0.25, 0.3) is 0 Å². The minimum atomic E-state index is 0.112. The van der Waals surface area contributed by atoms with Gasteiger partial charge in [-0.05, 0) is 11.1 Å². The molecule has 1 aliphatic rings. The summed E-state index contributed by atoms with van der Waals surface area (Å²) in [6, 6.07) is 20.7. The minimum Gasteiger partial charge on any atom is -0.340 e. The molecule has 25 heavy (non-hydrogen) atoms. The number of carbonyl (C=O) groups is 1. The normalized spacial score (nSPS) is 15.3. The highest BCUT2D eigenvalue weighted by Gasteiger charge is 2.24. The Morgan fingerprint density at radius 1 is 0.920 bits per heavy atom. The van der Waals surface area contributed by atoms with Crippen molar-refractivity contribution in [2.75, 3.05) is 32.7 Å². The molecule has 1 aliphatic heterocycles. The molecule has 0 saturated carbocycles. The van der Waals surface area contributed by atoms with E-state index >= 15 is 0 Å². The molecular formula is C22H26N2O. The van der Waals surface area contributed by atoms with E-state index in [4.69, 9.17) is 0 Å². The van der Waals surface area contributed by atoms with E-state index in [9.17, 15) is 4.79 Å². The topological polar surface area (TPSA) is 23.6 Å². The van der Waals surface area contributed by atoms with Crippen LogP contribution in [-0.2, 0) is 4.79 Å². The van der Waals surface area contributed by atoms with Gasteiger partial charge in [0.05, 0.1) is 0 Å². The van der Waals surface area contributed by atoms with Crippen molar-refractivity contribution < 1.29 is 4.79 Å². The highest BCUT2D eigenvalue weighted by molar-refractivity contribution is 5.78. The predicted molar refractivity (Wildman–Crippen MR) is 103 cm³/mol. The minimum absolute atomic E-state index is 0.112. The summed E-state index contributed by atoms with van der Waals surface area (Å²) in [7, 11) is 0. The van der Waals surface area contributed by atoms with Gasteiger partial charge in [-0.25, -0.2) is 0 Å². The summed E-state index contributed by atoms with van der Waals surface area (Å²) in [5, 5.41) is 0. The summed E-state index contributed by atoms with van der Waals surface area (Å²) in [5.74, 6) is 0.358. The highest BCUT2D eigenvalue weighted by atomic mass is 16.2. The quantitative estimate of drug-likeness (QED) is 0.755. The number of amides is 1. The van der Waals surface area contributed by atoms with Gasteiger partial charge in [0.2, 0.25) is 5.91 Å². The monoisotopic (exact) mass is 334 g/mol. The second kappa shape index (κ2) is 8.63. The van der Waals surface area contributed by atoms with E-state index in [0.29, 0.717) is 6.42 Å².